The lowest BCUT2D eigenvalue weighted by atomic mass is 9.99. The van der Waals surface area contributed by atoms with Gasteiger partial charge in [-0.15, -0.1) is 0 Å². The van der Waals surface area contributed by atoms with E-state index in [1.807, 2.05) is 0 Å². The van der Waals surface area contributed by atoms with E-state index in [9.17, 15) is 20.1 Å². The van der Waals surface area contributed by atoms with Gasteiger partial charge in [0, 0.05) is 0 Å². The summed E-state index contributed by atoms with van der Waals surface area (Å²) in [5, 5.41) is 54.6. The van der Waals surface area contributed by atoms with Crippen molar-refractivity contribution >= 4 is 5.97 Å². The molecule has 1 saturated heterocycles. The molecule has 0 spiro atoms. The Morgan fingerprint density at radius 2 is 1.81 bits per heavy atom. The second-order valence-corrected chi connectivity index (χ2v) is 3.57. The number of hydrogen-bond acceptors (Lipinski definition) is 8. The van der Waals surface area contributed by atoms with Gasteiger partial charge in [0.05, 0.1) is 6.61 Å². The van der Waals surface area contributed by atoms with E-state index in [1.54, 1.807) is 0 Å². The van der Waals surface area contributed by atoms with Gasteiger partial charge in [-0.25, -0.2) is 4.79 Å². The number of aliphatic hydroxyl groups excluding tert-OH is 6. The smallest absolute Gasteiger partial charge is 0.338 e. The van der Waals surface area contributed by atoms with Gasteiger partial charge in [0.25, 0.3) is 0 Å². The van der Waals surface area contributed by atoms with Crippen LogP contribution in [-0.2, 0) is 9.53 Å². The summed E-state index contributed by atoms with van der Waals surface area (Å²) in [5.41, 5.74) is 0. The third-order valence-electron chi connectivity index (χ3n) is 2.42. The van der Waals surface area contributed by atoms with Crippen molar-refractivity contribution in [1.82, 2.24) is 0 Å². The van der Waals surface area contributed by atoms with Gasteiger partial charge in [-0.05, 0) is 0 Å². The van der Waals surface area contributed by atoms with E-state index in [-0.39, 0.29) is 0 Å². The standard InChI is InChI=1S/C8H14O8/c9-1-2(10)3(11)4(12)7-5(13)6(14)8(15)16-7/h2-7,9-14H,1H2/t2-,3+,4+,5+,6+,7-/m1/s1. The average Bonchev–Trinajstić information content (AvgIpc) is 2.54. The topological polar surface area (TPSA) is 148 Å². The molecule has 1 rings (SSSR count). The molecule has 1 fully saturated rings. The lowest BCUT2D eigenvalue weighted by Crippen LogP contribution is -2.50. The monoisotopic (exact) mass is 238 g/mol. The molecule has 8 nitrogen and oxygen atoms in total. The van der Waals surface area contributed by atoms with E-state index in [2.05, 4.69) is 4.74 Å². The van der Waals surface area contributed by atoms with Crippen LogP contribution in [0.4, 0.5) is 0 Å². The predicted octanol–water partition coefficient (Wildman–Crippen LogP) is -4.29. The molecule has 1 aliphatic rings. The van der Waals surface area contributed by atoms with E-state index >= 15 is 0 Å². The molecule has 6 atom stereocenters. The van der Waals surface area contributed by atoms with Crippen molar-refractivity contribution < 1.29 is 40.2 Å². The Morgan fingerprint density at radius 1 is 1.25 bits per heavy atom. The molecule has 0 saturated carbocycles. The Balaban J connectivity index is 2.68. The van der Waals surface area contributed by atoms with E-state index in [1.165, 1.54) is 0 Å². The largest absolute Gasteiger partial charge is 0.455 e. The van der Waals surface area contributed by atoms with Crippen molar-refractivity contribution in [2.75, 3.05) is 6.61 Å². The minimum atomic E-state index is -1.81. The van der Waals surface area contributed by atoms with E-state index in [4.69, 9.17) is 15.3 Å². The van der Waals surface area contributed by atoms with Crippen LogP contribution in [0.15, 0.2) is 0 Å². The lowest BCUT2D eigenvalue weighted by Gasteiger charge is -2.26. The molecule has 94 valence electrons. The fourth-order valence-corrected chi connectivity index (χ4v) is 1.39. The highest BCUT2D eigenvalue weighted by atomic mass is 16.6. The van der Waals surface area contributed by atoms with Gasteiger partial charge in [-0.2, -0.15) is 0 Å². The molecule has 16 heavy (non-hydrogen) atoms. The number of carbonyl (C=O) groups is 1. The minimum absolute atomic E-state index is 0.808. The molecule has 0 aromatic carbocycles. The van der Waals surface area contributed by atoms with Gasteiger partial charge >= 0.3 is 5.97 Å². The molecular formula is C8H14O8. The number of esters is 1. The highest BCUT2D eigenvalue weighted by Crippen LogP contribution is 2.21. The number of hydrogen-bond donors (Lipinski definition) is 6. The third kappa shape index (κ3) is 2.32. The van der Waals surface area contributed by atoms with Crippen molar-refractivity contribution in [3.8, 4) is 0 Å². The number of aliphatic hydroxyl groups is 6. The first kappa shape index (κ1) is 13.3. The lowest BCUT2D eigenvalue weighted by molar-refractivity contribution is -0.159. The van der Waals surface area contributed by atoms with Crippen LogP contribution in [0.1, 0.15) is 0 Å². The summed E-state index contributed by atoms with van der Waals surface area (Å²) < 4.78 is 4.42. The molecule has 0 aromatic rings. The number of carbonyl (C=O) groups excluding carboxylic acids is 1. The number of cyclic esters (lactones) is 1. The summed E-state index contributed by atoms with van der Waals surface area (Å²) in [6, 6.07) is 0. The van der Waals surface area contributed by atoms with Crippen LogP contribution in [0.3, 0.4) is 0 Å². The highest BCUT2D eigenvalue weighted by Gasteiger charge is 2.48. The normalized spacial score (nSPS) is 35.6. The molecule has 8 heteroatoms. The van der Waals surface area contributed by atoms with Crippen molar-refractivity contribution in [1.29, 1.82) is 0 Å². The Labute approximate surface area is 90.3 Å². The molecule has 0 unspecified atom stereocenters. The summed E-state index contributed by atoms with van der Waals surface area (Å²) in [5.74, 6) is -1.12. The molecule has 0 aromatic heterocycles. The summed E-state index contributed by atoms with van der Waals surface area (Å²) in [6.45, 7) is -0.808. The molecule has 1 heterocycles. The molecular weight excluding hydrogens is 224 g/mol. The Morgan fingerprint density at radius 3 is 2.19 bits per heavy atom. The fourth-order valence-electron chi connectivity index (χ4n) is 1.39. The van der Waals surface area contributed by atoms with E-state index in [0.29, 0.717) is 0 Å². The summed E-state index contributed by atoms with van der Waals surface area (Å²) in [7, 11) is 0. The first-order chi connectivity index (χ1) is 7.40. The van der Waals surface area contributed by atoms with Crippen LogP contribution in [0, 0.1) is 0 Å². The van der Waals surface area contributed by atoms with Crippen molar-refractivity contribution in [2.45, 2.75) is 36.6 Å². The minimum Gasteiger partial charge on any atom is -0.455 e. The van der Waals surface area contributed by atoms with Gasteiger partial charge in [0.1, 0.15) is 24.4 Å². The predicted molar refractivity (Wildman–Crippen MR) is 47.0 cm³/mol. The summed E-state index contributed by atoms with van der Waals surface area (Å²) in [6.07, 6.45) is -10.3. The summed E-state index contributed by atoms with van der Waals surface area (Å²) >= 11 is 0. The van der Waals surface area contributed by atoms with Crippen LogP contribution >= 0.6 is 0 Å². The Hall–Kier alpha value is -0.770. The Bertz CT molecular complexity index is 256. The maximum Gasteiger partial charge on any atom is 0.338 e. The van der Waals surface area contributed by atoms with Gasteiger partial charge < -0.3 is 35.4 Å². The number of ether oxygens (including phenoxy) is 1. The van der Waals surface area contributed by atoms with E-state index < -0.39 is 49.2 Å². The van der Waals surface area contributed by atoms with Crippen molar-refractivity contribution in [3.63, 3.8) is 0 Å². The molecule has 0 amide bonds. The second-order valence-electron chi connectivity index (χ2n) is 3.57. The van der Waals surface area contributed by atoms with Gasteiger partial charge in [0.15, 0.2) is 12.2 Å². The molecule has 6 N–H and O–H groups in total. The third-order valence-corrected chi connectivity index (χ3v) is 2.42. The van der Waals surface area contributed by atoms with Crippen LogP contribution in [0.5, 0.6) is 0 Å². The maximum atomic E-state index is 10.8. The van der Waals surface area contributed by atoms with Crippen molar-refractivity contribution in [2.24, 2.45) is 0 Å². The average molecular weight is 238 g/mol. The van der Waals surface area contributed by atoms with Crippen LogP contribution in [0.2, 0.25) is 0 Å². The Kier molecular flexibility index (Phi) is 4.19. The first-order valence-electron chi connectivity index (χ1n) is 4.61. The SMILES string of the molecule is O=C1O[C@H]([C@@H](O)[C@@H](O)[C@H](O)CO)[C@@H](O)[C@@H]1O. The zero-order valence-electron chi connectivity index (χ0n) is 8.17. The zero-order chi connectivity index (χ0) is 12.5. The van der Waals surface area contributed by atoms with Gasteiger partial charge in [-0.1, -0.05) is 0 Å². The number of rotatable bonds is 4. The molecule has 1 aliphatic heterocycles. The highest BCUT2D eigenvalue weighted by molar-refractivity contribution is 5.77. The molecule has 0 bridgehead atoms. The summed E-state index contributed by atoms with van der Waals surface area (Å²) in [4.78, 5) is 10.8. The first-order valence-corrected chi connectivity index (χ1v) is 4.61. The van der Waals surface area contributed by atoms with Gasteiger partial charge in [0.2, 0.25) is 0 Å². The second kappa shape index (κ2) is 5.04. The van der Waals surface area contributed by atoms with Gasteiger partial charge in [-0.3, -0.25) is 0 Å². The van der Waals surface area contributed by atoms with Crippen molar-refractivity contribution in [3.05, 3.63) is 0 Å². The van der Waals surface area contributed by atoms with E-state index in [0.717, 1.165) is 0 Å². The molecule has 0 radical (unpaired) electrons. The maximum absolute atomic E-state index is 10.8. The quantitative estimate of drug-likeness (QED) is 0.269. The molecule has 0 aliphatic carbocycles. The van der Waals surface area contributed by atoms with Crippen LogP contribution in [0.25, 0.3) is 0 Å². The van der Waals surface area contributed by atoms with Crippen LogP contribution < -0.4 is 0 Å². The zero-order valence-corrected chi connectivity index (χ0v) is 8.17. The van der Waals surface area contributed by atoms with Crippen LogP contribution in [-0.4, -0.2) is 79.8 Å². The fraction of sp³-hybridized carbons (Fsp3) is 0.875.